The summed E-state index contributed by atoms with van der Waals surface area (Å²) in [5.41, 5.74) is 0.783. The zero-order valence-corrected chi connectivity index (χ0v) is 15.0. The second-order valence-corrected chi connectivity index (χ2v) is 7.46. The van der Waals surface area contributed by atoms with E-state index >= 15 is 0 Å². The molecule has 1 aliphatic rings. The number of hydrogen-bond donors (Lipinski definition) is 2. The van der Waals surface area contributed by atoms with Crippen LogP contribution in [-0.2, 0) is 0 Å². The number of nitrogens with zero attached hydrogens (tertiary/aromatic N) is 2. The number of piperidine rings is 1. The number of amides is 1. The van der Waals surface area contributed by atoms with Crippen molar-refractivity contribution in [2.24, 2.45) is 0 Å². The van der Waals surface area contributed by atoms with Crippen LogP contribution in [-0.4, -0.2) is 29.0 Å². The zero-order chi connectivity index (χ0) is 14.8. The maximum atomic E-state index is 12.2. The fourth-order valence-electron chi connectivity index (χ4n) is 2.54. The number of aromatic nitrogens is 2. The number of thiazole rings is 2. The molecule has 2 N–H and O–H groups in total. The van der Waals surface area contributed by atoms with Gasteiger partial charge in [0, 0.05) is 11.1 Å². The molecule has 0 saturated carbocycles. The third kappa shape index (κ3) is 3.84. The predicted molar refractivity (Wildman–Crippen MR) is 93.7 cm³/mol. The van der Waals surface area contributed by atoms with Crippen molar-refractivity contribution < 1.29 is 4.79 Å². The van der Waals surface area contributed by atoms with E-state index in [4.69, 9.17) is 0 Å². The first kappa shape index (κ1) is 17.3. The molecule has 0 aromatic carbocycles. The van der Waals surface area contributed by atoms with E-state index in [1.165, 1.54) is 16.2 Å². The monoisotopic (exact) mass is 358 g/mol. The van der Waals surface area contributed by atoms with E-state index in [0.717, 1.165) is 36.6 Å². The van der Waals surface area contributed by atoms with Crippen LogP contribution < -0.4 is 10.6 Å². The Labute approximate surface area is 144 Å². The molecular weight excluding hydrogens is 340 g/mol. The van der Waals surface area contributed by atoms with E-state index in [1.807, 2.05) is 20.0 Å². The molecule has 2 aromatic heterocycles. The molecule has 0 atom stereocenters. The minimum Gasteiger partial charge on any atom is -0.317 e. The maximum Gasteiger partial charge on any atom is 0.269 e. The van der Waals surface area contributed by atoms with Crippen LogP contribution in [0.5, 0.6) is 0 Å². The molecule has 0 unspecified atom stereocenters. The van der Waals surface area contributed by atoms with Crippen molar-refractivity contribution in [2.75, 3.05) is 18.4 Å². The van der Waals surface area contributed by atoms with Gasteiger partial charge in [0.25, 0.3) is 5.91 Å². The molecule has 1 fully saturated rings. The molecule has 22 heavy (non-hydrogen) atoms. The molecule has 0 radical (unpaired) electrons. The van der Waals surface area contributed by atoms with Gasteiger partial charge in [0.15, 0.2) is 5.13 Å². The van der Waals surface area contributed by atoms with Crippen molar-refractivity contribution in [3.8, 4) is 0 Å². The highest BCUT2D eigenvalue weighted by atomic mass is 35.5. The Morgan fingerprint density at radius 1 is 1.32 bits per heavy atom. The van der Waals surface area contributed by atoms with Crippen molar-refractivity contribution in [1.29, 1.82) is 0 Å². The van der Waals surface area contributed by atoms with Crippen LogP contribution >= 0.6 is 35.1 Å². The topological polar surface area (TPSA) is 66.9 Å². The lowest BCUT2D eigenvalue weighted by molar-refractivity contribution is 0.103. The Morgan fingerprint density at radius 2 is 2.05 bits per heavy atom. The van der Waals surface area contributed by atoms with Crippen LogP contribution in [0.15, 0.2) is 6.20 Å². The van der Waals surface area contributed by atoms with Crippen LogP contribution in [0.25, 0.3) is 0 Å². The summed E-state index contributed by atoms with van der Waals surface area (Å²) >= 11 is 3.01. The zero-order valence-electron chi connectivity index (χ0n) is 12.5. The molecule has 0 aliphatic carbocycles. The Morgan fingerprint density at radius 3 is 2.68 bits per heavy atom. The molecule has 2 aromatic rings. The third-order valence-corrected chi connectivity index (χ3v) is 5.74. The molecule has 1 saturated heterocycles. The summed E-state index contributed by atoms with van der Waals surface area (Å²) in [6.07, 6.45) is 4.19. The molecule has 3 heterocycles. The summed E-state index contributed by atoms with van der Waals surface area (Å²) in [7, 11) is 0. The number of aryl methyl sites for hydroxylation is 2. The van der Waals surface area contributed by atoms with Gasteiger partial charge in [0.1, 0.15) is 4.88 Å². The van der Waals surface area contributed by atoms with E-state index in [-0.39, 0.29) is 18.3 Å². The van der Waals surface area contributed by atoms with E-state index < -0.39 is 0 Å². The Bertz CT molecular complexity index is 649. The standard InChI is InChI=1S/C14H18N4OS2.ClH/c1-8-12(20-9(2)17-8)13(19)18-14-16-7-11(21-14)10-3-5-15-6-4-10;/h7,10,15H,3-6H2,1-2H3,(H,16,18,19);1H. The van der Waals surface area contributed by atoms with E-state index in [0.29, 0.717) is 15.9 Å². The number of hydrogen-bond acceptors (Lipinski definition) is 6. The van der Waals surface area contributed by atoms with Gasteiger partial charge < -0.3 is 5.32 Å². The van der Waals surface area contributed by atoms with Gasteiger partial charge >= 0.3 is 0 Å². The van der Waals surface area contributed by atoms with Gasteiger partial charge in [-0.3, -0.25) is 10.1 Å². The normalized spacial score (nSPS) is 15.4. The fraction of sp³-hybridized carbons (Fsp3) is 0.500. The Balaban J connectivity index is 0.00000176. The van der Waals surface area contributed by atoms with Gasteiger partial charge in [-0.05, 0) is 45.7 Å². The summed E-state index contributed by atoms with van der Waals surface area (Å²) in [6.45, 7) is 5.89. The lowest BCUT2D eigenvalue weighted by Gasteiger charge is -2.20. The summed E-state index contributed by atoms with van der Waals surface area (Å²) in [5, 5.41) is 7.85. The summed E-state index contributed by atoms with van der Waals surface area (Å²) < 4.78 is 0. The van der Waals surface area contributed by atoms with Gasteiger partial charge in [-0.25, -0.2) is 9.97 Å². The number of anilines is 1. The van der Waals surface area contributed by atoms with Crippen LogP contribution in [0, 0.1) is 13.8 Å². The van der Waals surface area contributed by atoms with E-state index in [1.54, 1.807) is 11.3 Å². The van der Waals surface area contributed by atoms with Crippen LogP contribution in [0.3, 0.4) is 0 Å². The van der Waals surface area contributed by atoms with Crippen molar-refractivity contribution >= 4 is 46.1 Å². The van der Waals surface area contributed by atoms with Crippen molar-refractivity contribution in [3.63, 3.8) is 0 Å². The van der Waals surface area contributed by atoms with Crippen molar-refractivity contribution in [3.05, 3.63) is 26.7 Å². The number of rotatable bonds is 3. The lowest BCUT2D eigenvalue weighted by Crippen LogP contribution is -2.26. The largest absolute Gasteiger partial charge is 0.317 e. The van der Waals surface area contributed by atoms with Crippen LogP contribution in [0.2, 0.25) is 0 Å². The molecule has 8 heteroatoms. The summed E-state index contributed by atoms with van der Waals surface area (Å²) in [5.74, 6) is 0.464. The first-order valence-electron chi connectivity index (χ1n) is 7.05. The Kier molecular flexibility index (Phi) is 5.91. The molecule has 5 nitrogen and oxygen atoms in total. The highest BCUT2D eigenvalue weighted by Gasteiger charge is 2.19. The second-order valence-electron chi connectivity index (χ2n) is 5.19. The SMILES string of the molecule is Cc1nc(C)c(C(=O)Nc2ncc(C3CCNCC3)s2)s1.Cl. The molecule has 120 valence electrons. The molecule has 0 bridgehead atoms. The van der Waals surface area contributed by atoms with Gasteiger partial charge in [-0.2, -0.15) is 0 Å². The van der Waals surface area contributed by atoms with Gasteiger partial charge in [-0.15, -0.1) is 35.1 Å². The minimum absolute atomic E-state index is 0. The van der Waals surface area contributed by atoms with Crippen molar-refractivity contribution in [2.45, 2.75) is 32.6 Å². The first-order chi connectivity index (χ1) is 10.1. The van der Waals surface area contributed by atoms with Crippen molar-refractivity contribution in [1.82, 2.24) is 15.3 Å². The Hall–Kier alpha value is -1.02. The first-order valence-corrected chi connectivity index (χ1v) is 8.68. The van der Waals surface area contributed by atoms with Gasteiger partial charge in [-0.1, -0.05) is 0 Å². The second kappa shape index (κ2) is 7.50. The highest BCUT2D eigenvalue weighted by Crippen LogP contribution is 2.32. The quantitative estimate of drug-likeness (QED) is 0.882. The third-order valence-electron chi connectivity index (χ3n) is 3.60. The highest BCUT2D eigenvalue weighted by molar-refractivity contribution is 7.16. The number of carbonyl (C=O) groups excluding carboxylic acids is 1. The van der Waals surface area contributed by atoms with Gasteiger partial charge in [0.05, 0.1) is 10.7 Å². The fourth-order valence-corrected chi connectivity index (χ4v) is 4.33. The molecule has 1 amide bonds. The van der Waals surface area contributed by atoms with E-state index in [2.05, 4.69) is 20.6 Å². The predicted octanol–water partition coefficient (Wildman–Crippen LogP) is 3.36. The number of nitrogens with one attached hydrogen (secondary N) is 2. The summed E-state index contributed by atoms with van der Waals surface area (Å²) in [4.78, 5) is 22.8. The van der Waals surface area contributed by atoms with Gasteiger partial charge in [0.2, 0.25) is 0 Å². The minimum atomic E-state index is -0.107. The average Bonchev–Trinajstić information content (AvgIpc) is 3.06. The molecule has 0 spiro atoms. The summed E-state index contributed by atoms with van der Waals surface area (Å²) in [6, 6.07) is 0. The molecule has 3 rings (SSSR count). The lowest BCUT2D eigenvalue weighted by atomic mass is 9.97. The molecule has 1 aliphatic heterocycles. The number of carbonyl (C=O) groups is 1. The average molecular weight is 359 g/mol. The molecular formula is C14H19ClN4OS2. The van der Waals surface area contributed by atoms with Crippen LogP contribution in [0.1, 0.15) is 44.0 Å². The smallest absolute Gasteiger partial charge is 0.269 e. The number of halogens is 1. The maximum absolute atomic E-state index is 12.2. The van der Waals surface area contributed by atoms with E-state index in [9.17, 15) is 4.79 Å². The van der Waals surface area contributed by atoms with Crippen LogP contribution in [0.4, 0.5) is 5.13 Å².